The zero-order valence-corrected chi connectivity index (χ0v) is 22.6. The van der Waals surface area contributed by atoms with E-state index in [4.69, 9.17) is 14.2 Å². The Morgan fingerprint density at radius 3 is 2.10 bits per heavy atom. The van der Waals surface area contributed by atoms with Gasteiger partial charge in [0.2, 0.25) is 0 Å². The molecular formula is C30H36N2O7. The topological polar surface area (TPSA) is 123 Å². The van der Waals surface area contributed by atoms with Crippen molar-refractivity contribution in [3.05, 3.63) is 59.7 Å². The lowest BCUT2D eigenvalue weighted by Gasteiger charge is -2.57. The molecule has 39 heavy (non-hydrogen) atoms. The van der Waals surface area contributed by atoms with Crippen LogP contribution in [0.4, 0.5) is 9.59 Å². The Kier molecular flexibility index (Phi) is 7.29. The van der Waals surface area contributed by atoms with Crippen molar-refractivity contribution in [1.82, 2.24) is 10.6 Å². The second-order valence-electron chi connectivity index (χ2n) is 12.0. The van der Waals surface area contributed by atoms with Gasteiger partial charge >= 0.3 is 18.2 Å². The van der Waals surface area contributed by atoms with Crippen molar-refractivity contribution in [3.8, 4) is 11.1 Å². The zero-order valence-electron chi connectivity index (χ0n) is 22.6. The van der Waals surface area contributed by atoms with Gasteiger partial charge in [0.25, 0.3) is 0 Å². The smallest absolute Gasteiger partial charge is 0.407 e. The number of carbonyl (C=O) groups is 3. The van der Waals surface area contributed by atoms with E-state index in [0.717, 1.165) is 47.9 Å². The largest absolute Gasteiger partial charge is 0.480 e. The van der Waals surface area contributed by atoms with Crippen molar-refractivity contribution in [2.45, 2.75) is 76.2 Å². The first-order valence-electron chi connectivity index (χ1n) is 13.5. The number of carboxylic acids is 1. The van der Waals surface area contributed by atoms with Crippen molar-refractivity contribution in [2.24, 2.45) is 5.41 Å². The lowest BCUT2D eigenvalue weighted by atomic mass is 9.53. The lowest BCUT2D eigenvalue weighted by molar-refractivity contribution is -0.149. The minimum absolute atomic E-state index is 0.0707. The Hall–Kier alpha value is -3.59. The van der Waals surface area contributed by atoms with Gasteiger partial charge in [0.15, 0.2) is 6.04 Å². The Bertz CT molecular complexity index is 1190. The first kappa shape index (κ1) is 27.0. The number of carboxylic acid groups (broad SMARTS) is 1. The standard InChI is InChI=1S/C30H36N2O7/c1-29(2,3)39-28(36)31-18-12-30(13-18)14-19(15-30)37-17-25(26(33)34)32-27(35)38-16-24-22-10-6-4-8-20(22)21-9-5-7-11-23(21)24/h4-11,18-19,24-25H,12-17H2,1-3H3,(H,31,36)(H,32,35)(H,33,34). The van der Waals surface area contributed by atoms with Gasteiger partial charge in [-0.2, -0.15) is 0 Å². The molecule has 0 saturated heterocycles. The van der Waals surface area contributed by atoms with E-state index < -0.39 is 29.8 Å². The molecule has 0 radical (unpaired) electrons. The van der Waals surface area contributed by atoms with E-state index in [9.17, 15) is 19.5 Å². The summed E-state index contributed by atoms with van der Waals surface area (Å²) >= 11 is 0. The van der Waals surface area contributed by atoms with Crippen LogP contribution in [0.1, 0.15) is 63.5 Å². The molecular weight excluding hydrogens is 500 g/mol. The summed E-state index contributed by atoms with van der Waals surface area (Å²) < 4.78 is 16.6. The van der Waals surface area contributed by atoms with Crippen molar-refractivity contribution in [2.75, 3.05) is 13.2 Å². The molecule has 9 heteroatoms. The molecule has 208 valence electrons. The number of alkyl carbamates (subject to hydrolysis) is 2. The molecule has 0 bridgehead atoms. The number of nitrogens with one attached hydrogen (secondary N) is 2. The molecule has 3 N–H and O–H groups in total. The molecule has 2 fully saturated rings. The predicted octanol–water partition coefficient (Wildman–Crippen LogP) is 4.83. The maximum Gasteiger partial charge on any atom is 0.407 e. The third-order valence-electron chi connectivity index (χ3n) is 7.83. The van der Waals surface area contributed by atoms with E-state index in [2.05, 4.69) is 22.8 Å². The van der Waals surface area contributed by atoms with Crippen molar-refractivity contribution < 1.29 is 33.7 Å². The van der Waals surface area contributed by atoms with Gasteiger partial charge in [-0.15, -0.1) is 0 Å². The fourth-order valence-electron chi connectivity index (χ4n) is 6.11. The van der Waals surface area contributed by atoms with E-state index in [-0.39, 0.29) is 36.7 Å². The van der Waals surface area contributed by atoms with Crippen LogP contribution in [-0.2, 0) is 19.0 Å². The van der Waals surface area contributed by atoms with Crippen LogP contribution in [0.2, 0.25) is 0 Å². The van der Waals surface area contributed by atoms with E-state index in [1.54, 1.807) is 0 Å². The SMILES string of the molecule is CC(C)(C)OC(=O)NC1CC2(C1)CC(OCC(NC(=O)OCC1c3ccccc3-c3ccccc31)C(=O)O)C2. The summed E-state index contributed by atoms with van der Waals surface area (Å²) in [4.78, 5) is 36.3. The highest BCUT2D eigenvalue weighted by molar-refractivity contribution is 5.81. The fraction of sp³-hybridized carbons (Fsp3) is 0.500. The molecule has 0 heterocycles. The average Bonchev–Trinajstić information content (AvgIpc) is 3.14. The van der Waals surface area contributed by atoms with Crippen LogP contribution < -0.4 is 10.6 Å². The van der Waals surface area contributed by atoms with Gasteiger partial charge in [-0.3, -0.25) is 0 Å². The van der Waals surface area contributed by atoms with Gasteiger partial charge in [-0.1, -0.05) is 48.5 Å². The molecule has 1 atom stereocenters. The number of benzene rings is 2. The average molecular weight is 537 g/mol. The predicted molar refractivity (Wildman–Crippen MR) is 143 cm³/mol. The number of amides is 2. The van der Waals surface area contributed by atoms with E-state index >= 15 is 0 Å². The Morgan fingerprint density at radius 2 is 1.54 bits per heavy atom. The number of ether oxygens (including phenoxy) is 3. The highest BCUT2D eigenvalue weighted by Gasteiger charge is 2.54. The number of hydrogen-bond donors (Lipinski definition) is 3. The molecule has 2 saturated carbocycles. The first-order valence-corrected chi connectivity index (χ1v) is 13.5. The third-order valence-corrected chi connectivity index (χ3v) is 7.83. The minimum atomic E-state index is -1.21. The fourth-order valence-corrected chi connectivity index (χ4v) is 6.11. The first-order chi connectivity index (χ1) is 18.5. The molecule has 9 nitrogen and oxygen atoms in total. The van der Waals surface area contributed by atoms with Crippen molar-refractivity contribution >= 4 is 18.2 Å². The van der Waals surface area contributed by atoms with Crippen molar-refractivity contribution in [1.29, 1.82) is 0 Å². The summed E-state index contributed by atoms with van der Waals surface area (Å²) in [6.45, 7) is 5.46. The number of rotatable bonds is 8. The second kappa shape index (κ2) is 10.5. The molecule has 0 aliphatic heterocycles. The highest BCUT2D eigenvalue weighted by Crippen LogP contribution is 2.56. The zero-order chi connectivity index (χ0) is 27.8. The lowest BCUT2D eigenvalue weighted by Crippen LogP contribution is -2.59. The van der Waals surface area contributed by atoms with Crippen LogP contribution in [0.5, 0.6) is 0 Å². The number of aliphatic carboxylic acids is 1. The highest BCUT2D eigenvalue weighted by atomic mass is 16.6. The van der Waals surface area contributed by atoms with Crippen LogP contribution in [0.15, 0.2) is 48.5 Å². The summed E-state index contributed by atoms with van der Waals surface area (Å²) in [6, 6.07) is 14.9. The van der Waals surface area contributed by atoms with Gasteiger partial charge < -0.3 is 30.0 Å². The molecule has 2 aromatic rings. The quantitative estimate of drug-likeness (QED) is 0.442. The molecule has 1 spiro atoms. The van der Waals surface area contributed by atoms with E-state index in [0.29, 0.717) is 0 Å². The summed E-state index contributed by atoms with van der Waals surface area (Å²) in [7, 11) is 0. The Labute approximate surface area is 228 Å². The molecule has 3 aliphatic rings. The van der Waals surface area contributed by atoms with E-state index in [1.807, 2.05) is 57.2 Å². The normalized spacial score (nSPS) is 24.0. The molecule has 0 aromatic heterocycles. The van der Waals surface area contributed by atoms with Crippen LogP contribution in [0.3, 0.4) is 0 Å². The number of fused-ring (bicyclic) bond motifs is 3. The molecule has 1 unspecified atom stereocenters. The second-order valence-corrected chi connectivity index (χ2v) is 12.0. The maximum atomic E-state index is 12.5. The van der Waals surface area contributed by atoms with Crippen LogP contribution in [0.25, 0.3) is 11.1 Å². The molecule has 2 aromatic carbocycles. The molecule has 2 amide bonds. The van der Waals surface area contributed by atoms with Gasteiger partial charge in [0.05, 0.1) is 12.7 Å². The summed E-state index contributed by atoms with van der Waals surface area (Å²) in [5.74, 6) is -1.28. The van der Waals surface area contributed by atoms with Crippen molar-refractivity contribution in [3.63, 3.8) is 0 Å². The van der Waals surface area contributed by atoms with E-state index in [1.165, 1.54) is 0 Å². The molecule has 3 aliphatic carbocycles. The third kappa shape index (κ3) is 6.03. The summed E-state index contributed by atoms with van der Waals surface area (Å²) in [6.07, 6.45) is 2.05. The minimum Gasteiger partial charge on any atom is -0.480 e. The maximum absolute atomic E-state index is 12.5. The monoisotopic (exact) mass is 536 g/mol. The van der Waals surface area contributed by atoms with Gasteiger partial charge in [-0.25, -0.2) is 14.4 Å². The summed E-state index contributed by atoms with van der Waals surface area (Å²) in [5.41, 5.74) is 4.01. The number of carbonyl (C=O) groups excluding carboxylic acids is 2. The van der Waals surface area contributed by atoms with Crippen LogP contribution >= 0.6 is 0 Å². The van der Waals surface area contributed by atoms with Gasteiger partial charge in [-0.05, 0) is 74.1 Å². The summed E-state index contributed by atoms with van der Waals surface area (Å²) in [5, 5.41) is 15.0. The Morgan fingerprint density at radius 1 is 0.949 bits per heavy atom. The van der Waals surface area contributed by atoms with Crippen LogP contribution in [0, 0.1) is 5.41 Å². The molecule has 5 rings (SSSR count). The van der Waals surface area contributed by atoms with Gasteiger partial charge in [0, 0.05) is 12.0 Å². The van der Waals surface area contributed by atoms with Gasteiger partial charge in [0.1, 0.15) is 12.2 Å². The van der Waals surface area contributed by atoms with Crippen LogP contribution in [-0.4, -0.2) is 60.3 Å². The Balaban J connectivity index is 1.05. The number of hydrogen-bond acceptors (Lipinski definition) is 6.